The molecule has 1 aromatic heterocycles. The molecule has 0 radical (unpaired) electrons. The lowest BCUT2D eigenvalue weighted by atomic mass is 10.1. The number of aromatic amines is 1. The number of fused-ring (bicyclic) bond motifs is 1. The van der Waals surface area contributed by atoms with Gasteiger partial charge in [0, 0.05) is 48.4 Å². The van der Waals surface area contributed by atoms with Crippen molar-refractivity contribution >= 4 is 10.9 Å². The summed E-state index contributed by atoms with van der Waals surface area (Å²) in [5, 5.41) is 1.21. The summed E-state index contributed by atoms with van der Waals surface area (Å²) in [6.45, 7) is 6.04. The summed E-state index contributed by atoms with van der Waals surface area (Å²) in [5.74, 6) is 3.13. The average Bonchev–Trinajstić information content (AvgIpc) is 3.17. The Labute approximate surface area is 178 Å². The standard InChI is InChI=1S/C24H32N2O4/c1-16(2)26(15-21-23(29-5)12-19(28-4)13-24(21)30-6)10-9-17-14-25-22-8-7-18(27-3)11-20(17)22/h7-8,11-14,16,25H,9-10,15H2,1-6H3. The van der Waals surface area contributed by atoms with E-state index < -0.39 is 0 Å². The molecule has 1 N–H and O–H groups in total. The largest absolute Gasteiger partial charge is 0.497 e. The zero-order valence-corrected chi connectivity index (χ0v) is 18.7. The van der Waals surface area contributed by atoms with E-state index in [1.54, 1.807) is 28.4 Å². The minimum absolute atomic E-state index is 0.362. The van der Waals surface area contributed by atoms with E-state index in [-0.39, 0.29) is 0 Å². The van der Waals surface area contributed by atoms with Crippen molar-refractivity contribution in [3.05, 3.63) is 47.7 Å². The van der Waals surface area contributed by atoms with E-state index in [1.807, 2.05) is 18.2 Å². The summed E-state index contributed by atoms with van der Waals surface area (Å²) in [7, 11) is 6.70. The van der Waals surface area contributed by atoms with E-state index in [4.69, 9.17) is 18.9 Å². The van der Waals surface area contributed by atoms with E-state index in [1.165, 1.54) is 10.9 Å². The number of nitrogens with zero attached hydrogens (tertiary/aromatic N) is 1. The van der Waals surface area contributed by atoms with Crippen molar-refractivity contribution in [1.29, 1.82) is 0 Å². The molecule has 30 heavy (non-hydrogen) atoms. The summed E-state index contributed by atoms with van der Waals surface area (Å²) in [6.07, 6.45) is 3.02. The first-order valence-corrected chi connectivity index (χ1v) is 10.2. The predicted octanol–water partition coefficient (Wildman–Crippen LogP) is 4.66. The van der Waals surface area contributed by atoms with Gasteiger partial charge in [-0.05, 0) is 44.0 Å². The van der Waals surface area contributed by atoms with Crippen molar-refractivity contribution in [1.82, 2.24) is 9.88 Å². The van der Waals surface area contributed by atoms with Crippen LogP contribution in [0, 0.1) is 0 Å². The highest BCUT2D eigenvalue weighted by molar-refractivity contribution is 5.84. The van der Waals surface area contributed by atoms with Crippen molar-refractivity contribution in [2.24, 2.45) is 0 Å². The van der Waals surface area contributed by atoms with Crippen molar-refractivity contribution in [2.45, 2.75) is 32.9 Å². The maximum Gasteiger partial charge on any atom is 0.130 e. The molecular weight excluding hydrogens is 380 g/mol. The van der Waals surface area contributed by atoms with Crippen LogP contribution in [0.5, 0.6) is 23.0 Å². The van der Waals surface area contributed by atoms with Crippen LogP contribution in [0.25, 0.3) is 10.9 Å². The Morgan fingerprint density at radius 1 is 0.867 bits per heavy atom. The number of H-pyrrole nitrogens is 1. The van der Waals surface area contributed by atoms with Crippen LogP contribution >= 0.6 is 0 Å². The monoisotopic (exact) mass is 412 g/mol. The van der Waals surface area contributed by atoms with Crippen LogP contribution in [0.1, 0.15) is 25.0 Å². The number of rotatable bonds is 10. The molecule has 0 unspecified atom stereocenters. The molecule has 0 saturated carbocycles. The van der Waals surface area contributed by atoms with Crippen LogP contribution in [-0.2, 0) is 13.0 Å². The Kier molecular flexibility index (Phi) is 7.11. The topological polar surface area (TPSA) is 56.0 Å². The van der Waals surface area contributed by atoms with Gasteiger partial charge in [-0.3, -0.25) is 4.90 Å². The Balaban J connectivity index is 1.83. The highest BCUT2D eigenvalue weighted by atomic mass is 16.5. The number of hydrogen-bond acceptors (Lipinski definition) is 5. The molecule has 0 saturated heterocycles. The van der Waals surface area contributed by atoms with Gasteiger partial charge in [0.2, 0.25) is 0 Å². The predicted molar refractivity (Wildman–Crippen MR) is 120 cm³/mol. The van der Waals surface area contributed by atoms with Crippen LogP contribution in [-0.4, -0.2) is 50.9 Å². The third kappa shape index (κ3) is 4.65. The van der Waals surface area contributed by atoms with Crippen LogP contribution in [0.4, 0.5) is 0 Å². The molecule has 0 fully saturated rings. The Hall–Kier alpha value is -2.86. The highest BCUT2D eigenvalue weighted by Crippen LogP contribution is 2.35. The van der Waals surface area contributed by atoms with Crippen LogP contribution in [0.15, 0.2) is 36.5 Å². The minimum atomic E-state index is 0.362. The maximum absolute atomic E-state index is 5.64. The normalized spacial score (nSPS) is 11.3. The quantitative estimate of drug-likeness (QED) is 0.525. The highest BCUT2D eigenvalue weighted by Gasteiger charge is 2.19. The second-order valence-corrected chi connectivity index (χ2v) is 7.55. The molecule has 0 bridgehead atoms. The van der Waals surface area contributed by atoms with Gasteiger partial charge < -0.3 is 23.9 Å². The second-order valence-electron chi connectivity index (χ2n) is 7.55. The van der Waals surface area contributed by atoms with E-state index in [2.05, 4.69) is 42.1 Å². The number of nitrogens with one attached hydrogen (secondary N) is 1. The SMILES string of the molecule is COc1cc(OC)c(CN(CCc2c[nH]c3ccc(OC)cc23)C(C)C)c(OC)c1. The Morgan fingerprint density at radius 3 is 2.10 bits per heavy atom. The summed E-state index contributed by atoms with van der Waals surface area (Å²) in [6, 6.07) is 10.3. The van der Waals surface area contributed by atoms with E-state index in [0.29, 0.717) is 6.04 Å². The molecule has 1 heterocycles. The molecule has 0 aliphatic rings. The van der Waals surface area contributed by atoms with Crippen molar-refractivity contribution in [3.8, 4) is 23.0 Å². The van der Waals surface area contributed by atoms with Gasteiger partial charge >= 0.3 is 0 Å². The molecule has 0 spiro atoms. The van der Waals surface area contributed by atoms with Gasteiger partial charge in [0.15, 0.2) is 0 Å². The van der Waals surface area contributed by atoms with Gasteiger partial charge in [-0.25, -0.2) is 0 Å². The minimum Gasteiger partial charge on any atom is -0.497 e. The molecule has 3 aromatic rings. The molecular formula is C24H32N2O4. The Morgan fingerprint density at radius 2 is 1.53 bits per heavy atom. The van der Waals surface area contributed by atoms with Gasteiger partial charge in [0.25, 0.3) is 0 Å². The van der Waals surface area contributed by atoms with E-state index in [9.17, 15) is 0 Å². The number of hydrogen-bond donors (Lipinski definition) is 1. The molecule has 0 atom stereocenters. The molecule has 6 nitrogen and oxygen atoms in total. The first-order chi connectivity index (χ1) is 14.5. The second kappa shape index (κ2) is 9.76. The molecule has 0 aliphatic heterocycles. The first-order valence-electron chi connectivity index (χ1n) is 10.2. The fraction of sp³-hybridized carbons (Fsp3) is 0.417. The zero-order valence-electron chi connectivity index (χ0n) is 18.7. The molecule has 0 amide bonds. The third-order valence-electron chi connectivity index (χ3n) is 5.55. The molecule has 162 valence electrons. The molecule has 2 aromatic carbocycles. The lowest BCUT2D eigenvalue weighted by Gasteiger charge is -2.28. The summed E-state index contributed by atoms with van der Waals surface area (Å²) in [4.78, 5) is 5.79. The lowest BCUT2D eigenvalue weighted by molar-refractivity contribution is 0.209. The summed E-state index contributed by atoms with van der Waals surface area (Å²) < 4.78 is 22.1. The smallest absolute Gasteiger partial charge is 0.130 e. The van der Waals surface area contributed by atoms with Gasteiger partial charge in [-0.15, -0.1) is 0 Å². The van der Waals surface area contributed by atoms with Gasteiger partial charge in [-0.1, -0.05) is 0 Å². The lowest BCUT2D eigenvalue weighted by Crippen LogP contribution is -2.32. The number of benzene rings is 2. The average molecular weight is 413 g/mol. The van der Waals surface area contributed by atoms with Crippen LogP contribution in [0.2, 0.25) is 0 Å². The zero-order chi connectivity index (χ0) is 21.7. The van der Waals surface area contributed by atoms with Crippen LogP contribution < -0.4 is 18.9 Å². The molecule has 0 aliphatic carbocycles. The van der Waals surface area contributed by atoms with Gasteiger partial charge in [0.05, 0.1) is 34.0 Å². The fourth-order valence-corrected chi connectivity index (χ4v) is 3.71. The van der Waals surface area contributed by atoms with Gasteiger partial charge in [0.1, 0.15) is 23.0 Å². The number of aromatic nitrogens is 1. The summed E-state index contributed by atoms with van der Waals surface area (Å²) in [5.41, 5.74) is 3.43. The molecule has 6 heteroatoms. The van der Waals surface area contributed by atoms with Crippen LogP contribution in [0.3, 0.4) is 0 Å². The number of ether oxygens (including phenoxy) is 4. The van der Waals surface area contributed by atoms with Crippen molar-refractivity contribution in [3.63, 3.8) is 0 Å². The third-order valence-corrected chi connectivity index (χ3v) is 5.55. The number of methoxy groups -OCH3 is 4. The van der Waals surface area contributed by atoms with E-state index >= 15 is 0 Å². The summed E-state index contributed by atoms with van der Waals surface area (Å²) >= 11 is 0. The first kappa shape index (κ1) is 21.8. The van der Waals surface area contributed by atoms with Crippen molar-refractivity contribution in [2.75, 3.05) is 35.0 Å². The van der Waals surface area contributed by atoms with Crippen molar-refractivity contribution < 1.29 is 18.9 Å². The fourth-order valence-electron chi connectivity index (χ4n) is 3.71. The Bertz CT molecular complexity index is 955. The van der Waals surface area contributed by atoms with Gasteiger partial charge in [-0.2, -0.15) is 0 Å². The molecule has 3 rings (SSSR count). The van der Waals surface area contributed by atoms with E-state index in [0.717, 1.165) is 53.6 Å². The maximum atomic E-state index is 5.64.